The molecule has 1 spiro atoms. The number of hydrogen-bond acceptors (Lipinski definition) is 3. The standard InChI is InChI=1S/C16H19FN4O.2ClH/c17-10-1-2-12-13(7-10)21-14(20-12)9-19-15(22)11-8-16(11)3-5-18-6-4-16;;/h1-2,7,11,18H,3-6,8-9H2,(H,19,22)(H,20,21);2*1H. The summed E-state index contributed by atoms with van der Waals surface area (Å²) in [6.45, 7) is 2.39. The minimum atomic E-state index is -0.294. The van der Waals surface area contributed by atoms with Gasteiger partial charge in [0.2, 0.25) is 5.91 Å². The Balaban J connectivity index is 0.00000104. The Bertz CT molecular complexity index is 730. The van der Waals surface area contributed by atoms with Crippen molar-refractivity contribution in [2.75, 3.05) is 13.1 Å². The van der Waals surface area contributed by atoms with Gasteiger partial charge in [0.15, 0.2) is 0 Å². The Morgan fingerprint density at radius 2 is 2.08 bits per heavy atom. The molecule has 1 amide bonds. The molecule has 1 saturated carbocycles. The average Bonchev–Trinajstić information content (AvgIpc) is 3.05. The third-order valence-corrected chi connectivity index (χ3v) is 5.03. The van der Waals surface area contributed by atoms with E-state index in [2.05, 4.69) is 20.6 Å². The molecule has 2 aliphatic rings. The van der Waals surface area contributed by atoms with Crippen molar-refractivity contribution < 1.29 is 9.18 Å². The molecular weight excluding hydrogens is 354 g/mol. The van der Waals surface area contributed by atoms with Crippen molar-refractivity contribution in [1.82, 2.24) is 20.6 Å². The number of hydrogen-bond donors (Lipinski definition) is 3. The molecule has 1 atom stereocenters. The van der Waals surface area contributed by atoms with E-state index in [0.717, 1.165) is 32.4 Å². The number of H-pyrrole nitrogens is 1. The zero-order valence-electron chi connectivity index (χ0n) is 13.1. The summed E-state index contributed by atoms with van der Waals surface area (Å²) in [5.74, 6) is 0.636. The van der Waals surface area contributed by atoms with E-state index in [4.69, 9.17) is 0 Å². The summed E-state index contributed by atoms with van der Waals surface area (Å²) in [5.41, 5.74) is 1.61. The number of aromatic amines is 1. The molecule has 1 aromatic heterocycles. The molecule has 1 unspecified atom stereocenters. The highest BCUT2D eigenvalue weighted by Gasteiger charge is 2.57. The number of imidazole rings is 1. The molecule has 2 aromatic rings. The monoisotopic (exact) mass is 374 g/mol. The Labute approximate surface area is 152 Å². The van der Waals surface area contributed by atoms with Gasteiger partial charge in [-0.15, -0.1) is 24.8 Å². The maximum absolute atomic E-state index is 13.2. The van der Waals surface area contributed by atoms with Gasteiger partial charge in [-0.05, 0) is 56.0 Å². The summed E-state index contributed by atoms with van der Waals surface area (Å²) in [6, 6.07) is 4.44. The molecule has 1 saturated heterocycles. The van der Waals surface area contributed by atoms with Crippen molar-refractivity contribution in [2.45, 2.75) is 25.8 Å². The molecule has 4 rings (SSSR count). The van der Waals surface area contributed by atoms with E-state index < -0.39 is 0 Å². The molecule has 1 aliphatic carbocycles. The van der Waals surface area contributed by atoms with Crippen LogP contribution in [0, 0.1) is 17.2 Å². The lowest BCUT2D eigenvalue weighted by Crippen LogP contribution is -2.33. The fraction of sp³-hybridized carbons (Fsp3) is 0.500. The van der Waals surface area contributed by atoms with E-state index in [-0.39, 0.29) is 47.9 Å². The molecule has 24 heavy (non-hydrogen) atoms. The lowest BCUT2D eigenvalue weighted by atomic mass is 9.92. The largest absolute Gasteiger partial charge is 0.349 e. The first kappa shape index (κ1) is 19.0. The van der Waals surface area contributed by atoms with Crippen molar-refractivity contribution in [3.05, 3.63) is 29.8 Å². The number of halogens is 3. The van der Waals surface area contributed by atoms with Crippen LogP contribution in [0.3, 0.4) is 0 Å². The SMILES string of the molecule is Cl.Cl.O=C(NCc1nc2ccc(F)cc2[nH]1)C1CC12CCNCC2. The predicted octanol–water partition coefficient (Wildman–Crippen LogP) is 2.55. The lowest BCUT2D eigenvalue weighted by Gasteiger charge is -2.23. The van der Waals surface area contributed by atoms with Gasteiger partial charge in [0.25, 0.3) is 0 Å². The third kappa shape index (κ3) is 3.50. The number of aromatic nitrogens is 2. The molecule has 2 fully saturated rings. The molecule has 5 nitrogen and oxygen atoms in total. The number of amides is 1. The van der Waals surface area contributed by atoms with Crippen LogP contribution in [-0.4, -0.2) is 29.0 Å². The van der Waals surface area contributed by atoms with Crippen LogP contribution in [0.4, 0.5) is 4.39 Å². The summed E-state index contributed by atoms with van der Waals surface area (Å²) in [4.78, 5) is 19.7. The second kappa shape index (κ2) is 7.25. The van der Waals surface area contributed by atoms with E-state index in [0.29, 0.717) is 23.4 Å². The first-order valence-corrected chi connectivity index (χ1v) is 7.79. The van der Waals surface area contributed by atoms with Gasteiger partial charge in [-0.2, -0.15) is 0 Å². The number of carbonyl (C=O) groups is 1. The summed E-state index contributed by atoms with van der Waals surface area (Å²) in [6.07, 6.45) is 3.19. The van der Waals surface area contributed by atoms with E-state index in [1.165, 1.54) is 12.1 Å². The minimum absolute atomic E-state index is 0. The average molecular weight is 375 g/mol. The second-order valence-corrected chi connectivity index (χ2v) is 6.43. The Morgan fingerprint density at radius 1 is 1.33 bits per heavy atom. The number of benzene rings is 1. The topological polar surface area (TPSA) is 69.8 Å². The fourth-order valence-electron chi connectivity index (χ4n) is 3.61. The highest BCUT2D eigenvalue weighted by Crippen LogP contribution is 2.58. The van der Waals surface area contributed by atoms with E-state index in [1.54, 1.807) is 6.07 Å². The summed E-state index contributed by atoms with van der Waals surface area (Å²) >= 11 is 0. The number of carbonyl (C=O) groups excluding carboxylic acids is 1. The smallest absolute Gasteiger partial charge is 0.224 e. The Morgan fingerprint density at radius 3 is 2.83 bits per heavy atom. The zero-order chi connectivity index (χ0) is 15.2. The van der Waals surface area contributed by atoms with Gasteiger partial charge < -0.3 is 15.6 Å². The third-order valence-electron chi connectivity index (χ3n) is 5.03. The van der Waals surface area contributed by atoms with Crippen molar-refractivity contribution in [3.63, 3.8) is 0 Å². The summed E-state index contributed by atoms with van der Waals surface area (Å²) < 4.78 is 13.2. The highest BCUT2D eigenvalue weighted by molar-refractivity contribution is 5.85. The maximum Gasteiger partial charge on any atom is 0.224 e. The van der Waals surface area contributed by atoms with Gasteiger partial charge in [-0.1, -0.05) is 0 Å². The number of rotatable bonds is 3. The summed E-state index contributed by atoms with van der Waals surface area (Å²) in [7, 11) is 0. The molecule has 132 valence electrons. The number of nitrogens with zero attached hydrogens (tertiary/aromatic N) is 1. The van der Waals surface area contributed by atoms with Crippen molar-refractivity contribution in [2.24, 2.45) is 11.3 Å². The molecule has 0 radical (unpaired) electrons. The van der Waals surface area contributed by atoms with Crippen LogP contribution in [0.1, 0.15) is 25.1 Å². The van der Waals surface area contributed by atoms with E-state index in [9.17, 15) is 9.18 Å². The van der Waals surface area contributed by atoms with Gasteiger partial charge in [0.1, 0.15) is 11.6 Å². The van der Waals surface area contributed by atoms with Crippen LogP contribution in [0.5, 0.6) is 0 Å². The molecule has 8 heteroatoms. The van der Waals surface area contributed by atoms with Crippen LogP contribution in [0.25, 0.3) is 11.0 Å². The number of piperidine rings is 1. The summed E-state index contributed by atoms with van der Waals surface area (Å²) in [5, 5.41) is 6.30. The zero-order valence-corrected chi connectivity index (χ0v) is 14.7. The quantitative estimate of drug-likeness (QED) is 0.772. The van der Waals surface area contributed by atoms with Crippen LogP contribution in [0.2, 0.25) is 0 Å². The maximum atomic E-state index is 13.2. The highest BCUT2D eigenvalue weighted by atomic mass is 35.5. The van der Waals surface area contributed by atoms with E-state index in [1.807, 2.05) is 0 Å². The van der Waals surface area contributed by atoms with Gasteiger partial charge in [0.05, 0.1) is 17.6 Å². The van der Waals surface area contributed by atoms with Crippen LogP contribution in [0.15, 0.2) is 18.2 Å². The normalized spacial score (nSPS) is 21.0. The molecular formula is C16H21Cl2FN4O. The van der Waals surface area contributed by atoms with Gasteiger partial charge in [-0.3, -0.25) is 4.79 Å². The number of fused-ring (bicyclic) bond motifs is 1. The van der Waals surface area contributed by atoms with Crippen LogP contribution < -0.4 is 10.6 Å². The van der Waals surface area contributed by atoms with Gasteiger partial charge in [-0.25, -0.2) is 9.37 Å². The first-order chi connectivity index (χ1) is 10.7. The molecule has 1 aromatic carbocycles. The minimum Gasteiger partial charge on any atom is -0.349 e. The molecule has 1 aliphatic heterocycles. The second-order valence-electron chi connectivity index (χ2n) is 6.43. The van der Waals surface area contributed by atoms with E-state index >= 15 is 0 Å². The Hall–Kier alpha value is -1.37. The van der Waals surface area contributed by atoms with Crippen LogP contribution >= 0.6 is 24.8 Å². The number of nitrogens with one attached hydrogen (secondary N) is 3. The van der Waals surface area contributed by atoms with Gasteiger partial charge >= 0.3 is 0 Å². The molecule has 3 N–H and O–H groups in total. The lowest BCUT2D eigenvalue weighted by molar-refractivity contribution is -0.123. The Kier molecular flexibility index (Phi) is 5.73. The molecule has 0 bridgehead atoms. The van der Waals surface area contributed by atoms with Gasteiger partial charge in [0, 0.05) is 5.92 Å². The predicted molar refractivity (Wildman–Crippen MR) is 95.0 cm³/mol. The van der Waals surface area contributed by atoms with Crippen molar-refractivity contribution in [1.29, 1.82) is 0 Å². The fourth-order valence-corrected chi connectivity index (χ4v) is 3.61. The van der Waals surface area contributed by atoms with Crippen molar-refractivity contribution in [3.8, 4) is 0 Å². The molecule has 2 heterocycles. The van der Waals surface area contributed by atoms with Crippen molar-refractivity contribution >= 4 is 41.8 Å². The first-order valence-electron chi connectivity index (χ1n) is 7.79. The van der Waals surface area contributed by atoms with Crippen LogP contribution in [-0.2, 0) is 11.3 Å².